The van der Waals surface area contributed by atoms with Crippen LogP contribution in [-0.2, 0) is 0 Å². The molecule has 0 aromatic heterocycles. The van der Waals surface area contributed by atoms with E-state index >= 15 is 0 Å². The molecule has 0 radical (unpaired) electrons. The molecule has 1 saturated heterocycles. The number of aryl methyl sites for hydroxylation is 2. The third-order valence-corrected chi connectivity index (χ3v) is 3.57. The summed E-state index contributed by atoms with van der Waals surface area (Å²) in [6, 6.07) is 5.96. The summed E-state index contributed by atoms with van der Waals surface area (Å²) >= 11 is 0. The third kappa shape index (κ3) is 3.87. The van der Waals surface area contributed by atoms with Gasteiger partial charge in [-0.25, -0.2) is 4.79 Å². The first-order valence-corrected chi connectivity index (χ1v) is 6.97. The first-order chi connectivity index (χ1) is 9.56. The summed E-state index contributed by atoms with van der Waals surface area (Å²) < 4.78 is 5.61. The number of hydrogen-bond acceptors (Lipinski definition) is 3. The molecule has 1 aromatic carbocycles. The van der Waals surface area contributed by atoms with Gasteiger partial charge in [-0.1, -0.05) is 17.7 Å². The molecule has 5 heteroatoms. The predicted octanol–water partition coefficient (Wildman–Crippen LogP) is 1.60. The highest BCUT2D eigenvalue weighted by Gasteiger charge is 2.18. The van der Waals surface area contributed by atoms with Crippen LogP contribution in [0.5, 0.6) is 5.75 Å². The Labute approximate surface area is 120 Å². The van der Waals surface area contributed by atoms with Gasteiger partial charge in [0, 0.05) is 26.2 Å². The zero-order valence-corrected chi connectivity index (χ0v) is 12.5. The summed E-state index contributed by atoms with van der Waals surface area (Å²) in [6.45, 7) is 7.64. The van der Waals surface area contributed by atoms with Gasteiger partial charge in [0.2, 0.25) is 0 Å². The largest absolute Gasteiger partial charge is 0.473 e. The molecule has 5 nitrogen and oxygen atoms in total. The fourth-order valence-corrected chi connectivity index (χ4v) is 2.26. The molecule has 1 aromatic rings. The Morgan fingerprint density at radius 2 is 1.95 bits per heavy atom. The molecule has 1 aliphatic rings. The smallest absolute Gasteiger partial charge is 0.320 e. The third-order valence-electron chi connectivity index (χ3n) is 3.57. The first-order valence-electron chi connectivity index (χ1n) is 6.97. The van der Waals surface area contributed by atoms with Gasteiger partial charge in [-0.2, -0.15) is 0 Å². The molecule has 0 atom stereocenters. The molecular formula is C15H23N3O2. The van der Waals surface area contributed by atoms with Crippen molar-refractivity contribution in [3.05, 3.63) is 29.3 Å². The van der Waals surface area contributed by atoms with Crippen LogP contribution in [0.15, 0.2) is 18.2 Å². The van der Waals surface area contributed by atoms with Crippen molar-refractivity contribution >= 4 is 6.03 Å². The highest BCUT2D eigenvalue weighted by molar-refractivity contribution is 5.74. The number of piperazine rings is 1. The van der Waals surface area contributed by atoms with Crippen LogP contribution in [0.3, 0.4) is 0 Å². The Balaban J connectivity index is 1.76. The van der Waals surface area contributed by atoms with Crippen molar-refractivity contribution in [3.8, 4) is 5.75 Å². The number of carbonyl (C=O) groups is 1. The molecule has 1 aliphatic heterocycles. The SMILES string of the molecule is Cc1ccc(OCNC(=O)N2CCN(C)CC2)c(C)c1. The molecule has 20 heavy (non-hydrogen) atoms. The predicted molar refractivity (Wildman–Crippen MR) is 79.0 cm³/mol. The summed E-state index contributed by atoms with van der Waals surface area (Å²) in [6.07, 6.45) is 0. The van der Waals surface area contributed by atoms with Crippen LogP contribution in [0.4, 0.5) is 4.79 Å². The van der Waals surface area contributed by atoms with E-state index in [4.69, 9.17) is 4.74 Å². The second-order valence-electron chi connectivity index (χ2n) is 5.33. The van der Waals surface area contributed by atoms with E-state index in [9.17, 15) is 4.79 Å². The van der Waals surface area contributed by atoms with Crippen molar-refractivity contribution in [3.63, 3.8) is 0 Å². The lowest BCUT2D eigenvalue weighted by Gasteiger charge is -2.32. The lowest BCUT2D eigenvalue weighted by atomic mass is 10.1. The van der Waals surface area contributed by atoms with E-state index < -0.39 is 0 Å². The molecule has 0 spiro atoms. The summed E-state index contributed by atoms with van der Waals surface area (Å²) in [5.41, 5.74) is 2.29. The Morgan fingerprint density at radius 1 is 1.25 bits per heavy atom. The van der Waals surface area contributed by atoms with E-state index in [1.807, 2.05) is 30.9 Å². The van der Waals surface area contributed by atoms with Gasteiger partial charge >= 0.3 is 6.03 Å². The van der Waals surface area contributed by atoms with Crippen LogP contribution in [0, 0.1) is 13.8 Å². The van der Waals surface area contributed by atoms with Crippen LogP contribution in [0.25, 0.3) is 0 Å². The maximum absolute atomic E-state index is 12.0. The number of rotatable bonds is 3. The van der Waals surface area contributed by atoms with Crippen molar-refractivity contribution in [2.45, 2.75) is 13.8 Å². The second-order valence-corrected chi connectivity index (χ2v) is 5.33. The minimum atomic E-state index is -0.0529. The molecule has 0 unspecified atom stereocenters. The lowest BCUT2D eigenvalue weighted by molar-refractivity contribution is 0.147. The minimum Gasteiger partial charge on any atom is -0.473 e. The zero-order valence-electron chi connectivity index (χ0n) is 12.5. The van der Waals surface area contributed by atoms with Crippen LogP contribution >= 0.6 is 0 Å². The second kappa shape index (κ2) is 6.61. The maximum atomic E-state index is 12.0. The van der Waals surface area contributed by atoms with Crippen molar-refractivity contribution in [2.75, 3.05) is 40.0 Å². The van der Waals surface area contributed by atoms with Crippen molar-refractivity contribution in [1.29, 1.82) is 0 Å². The van der Waals surface area contributed by atoms with Gasteiger partial charge in [-0.3, -0.25) is 0 Å². The molecule has 1 N–H and O–H groups in total. The van der Waals surface area contributed by atoms with Gasteiger partial charge in [0.05, 0.1) is 0 Å². The minimum absolute atomic E-state index is 0.0529. The quantitative estimate of drug-likeness (QED) is 0.854. The van der Waals surface area contributed by atoms with Gasteiger partial charge in [-0.15, -0.1) is 0 Å². The van der Waals surface area contributed by atoms with Gasteiger partial charge in [0.15, 0.2) is 6.73 Å². The summed E-state index contributed by atoms with van der Waals surface area (Å²) in [4.78, 5) is 16.0. The van der Waals surface area contributed by atoms with Gasteiger partial charge < -0.3 is 19.9 Å². The number of nitrogens with zero attached hydrogens (tertiary/aromatic N) is 2. The monoisotopic (exact) mass is 277 g/mol. The number of hydrogen-bond donors (Lipinski definition) is 1. The van der Waals surface area contributed by atoms with E-state index in [0.717, 1.165) is 37.5 Å². The fraction of sp³-hybridized carbons (Fsp3) is 0.533. The molecular weight excluding hydrogens is 254 g/mol. The van der Waals surface area contributed by atoms with Gasteiger partial charge in [-0.05, 0) is 32.5 Å². The van der Waals surface area contributed by atoms with Crippen molar-refractivity contribution in [2.24, 2.45) is 0 Å². The highest BCUT2D eigenvalue weighted by atomic mass is 16.5. The molecule has 110 valence electrons. The number of benzene rings is 1. The number of likely N-dealkylation sites (N-methyl/N-ethyl adjacent to an activating group) is 1. The highest BCUT2D eigenvalue weighted by Crippen LogP contribution is 2.18. The molecule has 1 heterocycles. The Hall–Kier alpha value is -1.75. The van der Waals surface area contributed by atoms with Crippen LogP contribution in [0.2, 0.25) is 0 Å². The van der Waals surface area contributed by atoms with Crippen molar-refractivity contribution in [1.82, 2.24) is 15.1 Å². The molecule has 2 amide bonds. The van der Waals surface area contributed by atoms with E-state index in [0.29, 0.717) is 0 Å². The number of urea groups is 1. The normalized spacial score (nSPS) is 16.1. The average molecular weight is 277 g/mol. The molecule has 1 fully saturated rings. The van der Waals surface area contributed by atoms with Gasteiger partial charge in [0.1, 0.15) is 5.75 Å². The molecule has 0 saturated carbocycles. The zero-order chi connectivity index (χ0) is 14.5. The maximum Gasteiger partial charge on any atom is 0.320 e. The van der Waals surface area contributed by atoms with Crippen LogP contribution < -0.4 is 10.1 Å². The van der Waals surface area contributed by atoms with Crippen molar-refractivity contribution < 1.29 is 9.53 Å². The number of amides is 2. The summed E-state index contributed by atoms with van der Waals surface area (Å²) in [5, 5.41) is 2.80. The van der Waals surface area contributed by atoms with Gasteiger partial charge in [0.25, 0.3) is 0 Å². The molecule has 0 aliphatic carbocycles. The topological polar surface area (TPSA) is 44.8 Å². The van der Waals surface area contributed by atoms with Crippen LogP contribution in [-0.4, -0.2) is 55.8 Å². The summed E-state index contributed by atoms with van der Waals surface area (Å²) in [5.74, 6) is 0.814. The van der Waals surface area contributed by atoms with E-state index in [1.165, 1.54) is 5.56 Å². The lowest BCUT2D eigenvalue weighted by Crippen LogP contribution is -2.51. The average Bonchev–Trinajstić information content (AvgIpc) is 2.42. The number of nitrogens with one attached hydrogen (secondary N) is 1. The van der Waals surface area contributed by atoms with E-state index in [1.54, 1.807) is 0 Å². The van der Waals surface area contributed by atoms with E-state index in [-0.39, 0.29) is 12.8 Å². The van der Waals surface area contributed by atoms with E-state index in [2.05, 4.69) is 23.3 Å². The first kappa shape index (κ1) is 14.7. The number of carbonyl (C=O) groups excluding carboxylic acids is 1. The standard InChI is InChI=1S/C15H23N3O2/c1-12-4-5-14(13(2)10-12)20-11-16-15(19)18-8-6-17(3)7-9-18/h4-5,10H,6-9,11H2,1-3H3,(H,16,19). The Bertz CT molecular complexity index is 468. The summed E-state index contributed by atoms with van der Waals surface area (Å²) in [7, 11) is 2.07. The Morgan fingerprint density at radius 3 is 2.60 bits per heavy atom. The molecule has 2 rings (SSSR count). The Kier molecular flexibility index (Phi) is 4.84. The molecule has 0 bridgehead atoms. The van der Waals surface area contributed by atoms with Crippen LogP contribution in [0.1, 0.15) is 11.1 Å². The fourth-order valence-electron chi connectivity index (χ4n) is 2.26. The number of ether oxygens (including phenoxy) is 1.